The zero-order valence-corrected chi connectivity index (χ0v) is 19.8. The molecule has 33 heavy (non-hydrogen) atoms. The van der Waals surface area contributed by atoms with E-state index in [1.807, 2.05) is 26.0 Å². The molecular weight excluding hydrogens is 510 g/mol. The number of benzene rings is 2. The first-order valence-electron chi connectivity index (χ1n) is 9.68. The highest BCUT2D eigenvalue weighted by atomic mass is 79.9. The molecule has 1 N–H and O–H groups in total. The number of amides is 2. The number of rotatable bonds is 4. The van der Waals surface area contributed by atoms with Crippen molar-refractivity contribution in [1.82, 2.24) is 5.32 Å². The topological polar surface area (TPSA) is 106 Å². The van der Waals surface area contributed by atoms with Gasteiger partial charge in [-0.25, -0.2) is 0 Å². The van der Waals surface area contributed by atoms with Gasteiger partial charge in [0.1, 0.15) is 17.1 Å². The monoisotopic (exact) mass is 525 g/mol. The number of thiocarbonyl (C=S) groups is 1. The summed E-state index contributed by atoms with van der Waals surface area (Å²) < 4.78 is 6.27. The molecular formula is C23H16BrN3O5S. The third kappa shape index (κ3) is 4.35. The molecule has 1 fully saturated rings. The fourth-order valence-corrected chi connectivity index (χ4v) is 4.30. The fraction of sp³-hybridized carbons (Fsp3) is 0.0870. The highest BCUT2D eigenvalue weighted by Gasteiger charge is 2.35. The summed E-state index contributed by atoms with van der Waals surface area (Å²) >= 11 is 8.57. The van der Waals surface area contributed by atoms with Crippen molar-refractivity contribution in [2.45, 2.75) is 13.8 Å². The lowest BCUT2D eigenvalue weighted by Gasteiger charge is -2.30. The number of anilines is 1. The third-order valence-electron chi connectivity index (χ3n) is 5.04. The van der Waals surface area contributed by atoms with E-state index >= 15 is 0 Å². The summed E-state index contributed by atoms with van der Waals surface area (Å²) in [7, 11) is 0. The molecule has 0 aliphatic carbocycles. The highest BCUT2D eigenvalue weighted by Crippen LogP contribution is 2.33. The molecule has 1 aromatic heterocycles. The maximum Gasteiger partial charge on any atom is 0.270 e. The molecule has 1 aliphatic rings. The molecule has 0 unspecified atom stereocenters. The van der Waals surface area contributed by atoms with Gasteiger partial charge in [0.15, 0.2) is 5.11 Å². The van der Waals surface area contributed by atoms with Crippen LogP contribution in [0.15, 0.2) is 63.0 Å². The summed E-state index contributed by atoms with van der Waals surface area (Å²) in [6.45, 7) is 3.80. The minimum Gasteiger partial charge on any atom is -0.457 e. The molecule has 166 valence electrons. The summed E-state index contributed by atoms with van der Waals surface area (Å²) in [6, 6.07) is 13.1. The van der Waals surface area contributed by atoms with Crippen LogP contribution in [0.3, 0.4) is 0 Å². The summed E-state index contributed by atoms with van der Waals surface area (Å²) in [6.07, 6.45) is 1.35. The van der Waals surface area contributed by atoms with Crippen LogP contribution in [0, 0.1) is 24.0 Å². The van der Waals surface area contributed by atoms with Crippen LogP contribution in [0.4, 0.5) is 11.4 Å². The van der Waals surface area contributed by atoms with Crippen LogP contribution in [0.25, 0.3) is 17.4 Å². The Balaban J connectivity index is 1.68. The second-order valence-corrected chi connectivity index (χ2v) is 8.61. The van der Waals surface area contributed by atoms with Crippen LogP contribution in [0.1, 0.15) is 16.9 Å². The molecule has 3 aromatic rings. The van der Waals surface area contributed by atoms with Gasteiger partial charge < -0.3 is 4.42 Å². The van der Waals surface area contributed by atoms with Gasteiger partial charge in [-0.05, 0) is 77.9 Å². The van der Waals surface area contributed by atoms with E-state index < -0.39 is 16.7 Å². The molecule has 10 heteroatoms. The Hall–Kier alpha value is -3.63. The molecule has 0 radical (unpaired) electrons. The number of nitrogens with zero attached hydrogens (tertiary/aromatic N) is 2. The van der Waals surface area contributed by atoms with Gasteiger partial charge in [0, 0.05) is 22.2 Å². The van der Waals surface area contributed by atoms with Crippen molar-refractivity contribution in [1.29, 1.82) is 0 Å². The predicted molar refractivity (Wildman–Crippen MR) is 131 cm³/mol. The first-order valence-corrected chi connectivity index (χ1v) is 10.9. The van der Waals surface area contributed by atoms with Crippen molar-refractivity contribution in [3.8, 4) is 11.3 Å². The lowest BCUT2D eigenvalue weighted by Crippen LogP contribution is -2.54. The van der Waals surface area contributed by atoms with Crippen molar-refractivity contribution in [2.24, 2.45) is 0 Å². The predicted octanol–water partition coefficient (Wildman–Crippen LogP) is 5.07. The minimum absolute atomic E-state index is 0.00375. The summed E-state index contributed by atoms with van der Waals surface area (Å²) in [5.41, 5.74) is 2.84. The first-order chi connectivity index (χ1) is 15.7. The summed E-state index contributed by atoms with van der Waals surface area (Å²) in [4.78, 5) is 37.5. The number of halogens is 1. The average molecular weight is 526 g/mol. The number of carbonyl (C=O) groups is 2. The Morgan fingerprint density at radius 3 is 2.55 bits per heavy atom. The number of aryl methyl sites for hydroxylation is 2. The summed E-state index contributed by atoms with van der Waals surface area (Å²) in [5, 5.41) is 13.5. The van der Waals surface area contributed by atoms with Gasteiger partial charge in [0.05, 0.1) is 10.6 Å². The van der Waals surface area contributed by atoms with E-state index in [1.54, 1.807) is 24.3 Å². The van der Waals surface area contributed by atoms with Crippen molar-refractivity contribution >= 4 is 62.5 Å². The molecule has 1 aliphatic heterocycles. The van der Waals surface area contributed by atoms with E-state index in [1.165, 1.54) is 23.1 Å². The lowest BCUT2D eigenvalue weighted by atomic mass is 10.1. The molecule has 2 heterocycles. The molecule has 0 spiro atoms. The minimum atomic E-state index is -0.625. The zero-order chi connectivity index (χ0) is 23.9. The Kier molecular flexibility index (Phi) is 5.96. The number of nitro benzene ring substituents is 1. The van der Waals surface area contributed by atoms with Crippen LogP contribution in [0.5, 0.6) is 0 Å². The normalized spacial score (nSPS) is 15.2. The van der Waals surface area contributed by atoms with Gasteiger partial charge in [-0.2, -0.15) is 0 Å². The Labute approximate surface area is 202 Å². The number of furan rings is 1. The van der Waals surface area contributed by atoms with Gasteiger partial charge in [0.2, 0.25) is 0 Å². The quantitative estimate of drug-likeness (QED) is 0.167. The van der Waals surface area contributed by atoms with E-state index in [9.17, 15) is 19.7 Å². The van der Waals surface area contributed by atoms with E-state index in [-0.39, 0.29) is 22.1 Å². The van der Waals surface area contributed by atoms with Crippen LogP contribution in [0.2, 0.25) is 0 Å². The molecule has 8 nitrogen and oxygen atoms in total. The largest absolute Gasteiger partial charge is 0.457 e. The van der Waals surface area contributed by atoms with E-state index in [0.717, 1.165) is 11.1 Å². The second-order valence-electron chi connectivity index (χ2n) is 7.37. The standard InChI is InChI=1S/C23H16BrN3O5S/c1-12-3-7-19(13(2)9-12)26-22(29)17(21(28)25-23(26)33)11-15-5-8-20(32-15)16-6-4-14(27(30)31)10-18(16)24/h3-11H,1-2H3,(H,25,28,33)/b17-11-. The Morgan fingerprint density at radius 2 is 1.88 bits per heavy atom. The zero-order valence-electron chi connectivity index (χ0n) is 17.4. The van der Waals surface area contributed by atoms with Crippen molar-refractivity contribution in [3.63, 3.8) is 0 Å². The fourth-order valence-electron chi connectivity index (χ4n) is 3.47. The van der Waals surface area contributed by atoms with Crippen molar-refractivity contribution in [2.75, 3.05) is 4.90 Å². The average Bonchev–Trinajstić information content (AvgIpc) is 3.20. The van der Waals surface area contributed by atoms with Crippen LogP contribution in [-0.2, 0) is 9.59 Å². The van der Waals surface area contributed by atoms with E-state index in [4.69, 9.17) is 16.6 Å². The van der Waals surface area contributed by atoms with Gasteiger partial charge in [0.25, 0.3) is 17.5 Å². The lowest BCUT2D eigenvalue weighted by molar-refractivity contribution is -0.384. The number of hydrogen-bond acceptors (Lipinski definition) is 6. The van der Waals surface area contributed by atoms with E-state index in [0.29, 0.717) is 21.5 Å². The summed E-state index contributed by atoms with van der Waals surface area (Å²) in [5.74, 6) is -0.512. The number of nitro groups is 1. The Bertz CT molecular complexity index is 1380. The molecule has 2 aromatic carbocycles. The molecule has 2 amide bonds. The van der Waals surface area contributed by atoms with Crippen LogP contribution < -0.4 is 10.2 Å². The number of hydrogen-bond donors (Lipinski definition) is 1. The Morgan fingerprint density at radius 1 is 1.12 bits per heavy atom. The van der Waals surface area contributed by atoms with Crippen LogP contribution in [-0.4, -0.2) is 21.9 Å². The smallest absolute Gasteiger partial charge is 0.270 e. The third-order valence-corrected chi connectivity index (χ3v) is 5.98. The van der Waals surface area contributed by atoms with Crippen molar-refractivity contribution < 1.29 is 18.9 Å². The maximum absolute atomic E-state index is 13.2. The maximum atomic E-state index is 13.2. The van der Waals surface area contributed by atoms with E-state index in [2.05, 4.69) is 21.2 Å². The number of carbonyl (C=O) groups excluding carboxylic acids is 2. The second kappa shape index (κ2) is 8.72. The van der Waals surface area contributed by atoms with Crippen molar-refractivity contribution in [3.05, 3.63) is 85.6 Å². The van der Waals surface area contributed by atoms with Gasteiger partial charge in [-0.1, -0.05) is 17.7 Å². The molecule has 0 bridgehead atoms. The number of non-ortho nitro benzene ring substituents is 1. The number of nitrogens with one attached hydrogen (secondary N) is 1. The van der Waals surface area contributed by atoms with Crippen LogP contribution >= 0.6 is 28.1 Å². The molecule has 0 saturated carbocycles. The van der Waals surface area contributed by atoms with Gasteiger partial charge in [-0.3, -0.25) is 29.9 Å². The highest BCUT2D eigenvalue weighted by molar-refractivity contribution is 9.10. The van der Waals surface area contributed by atoms with Gasteiger partial charge >= 0.3 is 0 Å². The molecule has 1 saturated heterocycles. The molecule has 0 atom stereocenters. The first kappa shape index (κ1) is 22.6. The van der Waals surface area contributed by atoms with Gasteiger partial charge in [-0.15, -0.1) is 0 Å². The SMILES string of the molecule is Cc1ccc(N2C(=O)/C(=C\c3ccc(-c4ccc([N+](=O)[O-])cc4Br)o3)C(=O)NC2=S)c(C)c1. The molecule has 4 rings (SSSR count).